The summed E-state index contributed by atoms with van der Waals surface area (Å²) in [5.41, 5.74) is 5.08. The van der Waals surface area contributed by atoms with E-state index in [-0.39, 0.29) is 17.9 Å². The standard InChI is InChI=1S/C13H14N2O3/c1-8(7-16)15-11(12(14)17)6-9-4-2-3-5-10(9)13(15)18/h2-6,8,16H,7H2,1H3,(H2,14,17). The zero-order chi connectivity index (χ0) is 13.3. The van der Waals surface area contributed by atoms with Crippen molar-refractivity contribution in [2.24, 2.45) is 5.73 Å². The van der Waals surface area contributed by atoms with Gasteiger partial charge in [0.25, 0.3) is 11.5 Å². The number of amides is 1. The van der Waals surface area contributed by atoms with Crippen LogP contribution in [0.3, 0.4) is 0 Å². The van der Waals surface area contributed by atoms with E-state index in [1.165, 1.54) is 4.57 Å². The molecular weight excluding hydrogens is 232 g/mol. The third-order valence-electron chi connectivity index (χ3n) is 2.92. The molecule has 0 fully saturated rings. The van der Waals surface area contributed by atoms with E-state index in [2.05, 4.69) is 0 Å². The van der Waals surface area contributed by atoms with Gasteiger partial charge < -0.3 is 10.8 Å². The van der Waals surface area contributed by atoms with Crippen molar-refractivity contribution in [2.45, 2.75) is 13.0 Å². The van der Waals surface area contributed by atoms with Crippen LogP contribution >= 0.6 is 0 Å². The van der Waals surface area contributed by atoms with Crippen LogP contribution in [-0.2, 0) is 0 Å². The smallest absolute Gasteiger partial charge is 0.265 e. The Morgan fingerprint density at radius 2 is 2.11 bits per heavy atom. The summed E-state index contributed by atoms with van der Waals surface area (Å²) >= 11 is 0. The van der Waals surface area contributed by atoms with Crippen LogP contribution < -0.4 is 11.3 Å². The van der Waals surface area contributed by atoms with Crippen molar-refractivity contribution in [3.8, 4) is 0 Å². The first-order chi connectivity index (χ1) is 8.56. The largest absolute Gasteiger partial charge is 0.394 e. The van der Waals surface area contributed by atoms with Crippen LogP contribution in [0.25, 0.3) is 10.8 Å². The molecule has 0 saturated carbocycles. The second-order valence-corrected chi connectivity index (χ2v) is 4.19. The number of nitrogens with zero attached hydrogens (tertiary/aromatic N) is 1. The van der Waals surface area contributed by atoms with Gasteiger partial charge in [-0.2, -0.15) is 0 Å². The topological polar surface area (TPSA) is 85.3 Å². The molecule has 1 amide bonds. The summed E-state index contributed by atoms with van der Waals surface area (Å²) in [6.45, 7) is 1.42. The Kier molecular flexibility index (Phi) is 3.16. The number of rotatable bonds is 3. The van der Waals surface area contributed by atoms with Crippen LogP contribution in [0.15, 0.2) is 35.1 Å². The number of fused-ring (bicyclic) bond motifs is 1. The van der Waals surface area contributed by atoms with E-state index in [1.54, 1.807) is 37.3 Å². The number of carbonyl (C=O) groups excluding carboxylic acids is 1. The number of aromatic nitrogens is 1. The average Bonchev–Trinajstić information content (AvgIpc) is 2.37. The minimum absolute atomic E-state index is 0.111. The molecule has 1 atom stereocenters. The van der Waals surface area contributed by atoms with Crippen LogP contribution in [0.2, 0.25) is 0 Å². The lowest BCUT2D eigenvalue weighted by Crippen LogP contribution is -2.32. The molecule has 0 aliphatic carbocycles. The van der Waals surface area contributed by atoms with Gasteiger partial charge in [-0.25, -0.2) is 0 Å². The number of carbonyl (C=O) groups is 1. The maximum Gasteiger partial charge on any atom is 0.265 e. The quantitative estimate of drug-likeness (QED) is 0.834. The lowest BCUT2D eigenvalue weighted by Gasteiger charge is -2.17. The van der Waals surface area contributed by atoms with E-state index < -0.39 is 11.9 Å². The first-order valence-corrected chi connectivity index (χ1v) is 5.61. The van der Waals surface area contributed by atoms with Gasteiger partial charge in [0.05, 0.1) is 12.6 Å². The maximum atomic E-state index is 12.3. The number of benzene rings is 1. The van der Waals surface area contributed by atoms with Crippen molar-refractivity contribution in [1.29, 1.82) is 0 Å². The Labute approximate surface area is 103 Å². The zero-order valence-corrected chi connectivity index (χ0v) is 9.96. The summed E-state index contributed by atoms with van der Waals surface area (Å²) < 4.78 is 1.24. The highest BCUT2D eigenvalue weighted by Gasteiger charge is 2.16. The van der Waals surface area contributed by atoms with E-state index in [1.807, 2.05) is 0 Å². The Balaban J connectivity index is 2.88. The van der Waals surface area contributed by atoms with Crippen LogP contribution in [0, 0.1) is 0 Å². The number of nitrogens with two attached hydrogens (primary N) is 1. The van der Waals surface area contributed by atoms with Crippen LogP contribution in [-0.4, -0.2) is 22.2 Å². The molecule has 1 unspecified atom stereocenters. The van der Waals surface area contributed by atoms with Gasteiger partial charge in [-0.3, -0.25) is 14.2 Å². The van der Waals surface area contributed by atoms with E-state index in [0.717, 1.165) is 0 Å². The molecule has 5 heteroatoms. The molecule has 5 nitrogen and oxygen atoms in total. The summed E-state index contributed by atoms with van der Waals surface area (Å²) in [5.74, 6) is -0.682. The molecule has 2 aromatic rings. The molecule has 2 rings (SSSR count). The molecule has 0 aliphatic rings. The Bertz CT molecular complexity index is 661. The second-order valence-electron chi connectivity index (χ2n) is 4.19. The van der Waals surface area contributed by atoms with Gasteiger partial charge in [0.1, 0.15) is 5.69 Å². The molecular formula is C13H14N2O3. The van der Waals surface area contributed by atoms with E-state index >= 15 is 0 Å². The van der Waals surface area contributed by atoms with Crippen molar-refractivity contribution < 1.29 is 9.90 Å². The monoisotopic (exact) mass is 246 g/mol. The van der Waals surface area contributed by atoms with Gasteiger partial charge in [-0.1, -0.05) is 18.2 Å². The summed E-state index contributed by atoms with van der Waals surface area (Å²) in [7, 11) is 0. The highest BCUT2D eigenvalue weighted by molar-refractivity contribution is 5.95. The number of aliphatic hydroxyl groups is 1. The minimum Gasteiger partial charge on any atom is -0.394 e. The Morgan fingerprint density at radius 1 is 1.44 bits per heavy atom. The van der Waals surface area contributed by atoms with Crippen LogP contribution in [0.1, 0.15) is 23.5 Å². The molecule has 0 bridgehead atoms. The normalized spacial score (nSPS) is 12.6. The highest BCUT2D eigenvalue weighted by atomic mass is 16.3. The molecule has 18 heavy (non-hydrogen) atoms. The molecule has 1 heterocycles. The van der Waals surface area contributed by atoms with Gasteiger partial charge in [-0.05, 0) is 24.4 Å². The number of hydrogen-bond acceptors (Lipinski definition) is 3. The molecule has 0 aliphatic heterocycles. The van der Waals surface area contributed by atoms with E-state index in [0.29, 0.717) is 10.8 Å². The summed E-state index contributed by atoms with van der Waals surface area (Å²) in [5, 5.41) is 10.3. The summed E-state index contributed by atoms with van der Waals surface area (Å²) in [6, 6.07) is 8.05. The predicted molar refractivity (Wildman–Crippen MR) is 68.5 cm³/mol. The van der Waals surface area contributed by atoms with E-state index in [9.17, 15) is 14.7 Å². The molecule has 0 radical (unpaired) electrons. The summed E-state index contributed by atoms with van der Waals surface area (Å²) in [4.78, 5) is 23.7. The first kappa shape index (κ1) is 12.3. The lowest BCUT2D eigenvalue weighted by molar-refractivity contribution is 0.0985. The van der Waals surface area contributed by atoms with Crippen molar-refractivity contribution in [3.63, 3.8) is 0 Å². The molecule has 0 saturated heterocycles. The SMILES string of the molecule is CC(CO)n1c(C(N)=O)cc2ccccc2c1=O. The second kappa shape index (κ2) is 4.62. The molecule has 3 N–H and O–H groups in total. The number of primary amides is 1. The van der Waals surface area contributed by atoms with Gasteiger partial charge in [-0.15, -0.1) is 0 Å². The molecule has 1 aromatic carbocycles. The minimum atomic E-state index is -0.682. The number of pyridine rings is 1. The lowest BCUT2D eigenvalue weighted by atomic mass is 10.1. The average molecular weight is 246 g/mol. The first-order valence-electron chi connectivity index (χ1n) is 5.61. The zero-order valence-electron chi connectivity index (χ0n) is 9.96. The summed E-state index contributed by atoms with van der Waals surface area (Å²) in [6.07, 6.45) is 0. The predicted octanol–water partition coefficient (Wildman–Crippen LogP) is 0.654. The fourth-order valence-electron chi connectivity index (χ4n) is 1.98. The van der Waals surface area contributed by atoms with Crippen molar-refractivity contribution in [2.75, 3.05) is 6.61 Å². The van der Waals surface area contributed by atoms with Gasteiger partial charge in [0.2, 0.25) is 0 Å². The molecule has 1 aromatic heterocycles. The van der Waals surface area contributed by atoms with Gasteiger partial charge in [0.15, 0.2) is 0 Å². The van der Waals surface area contributed by atoms with Gasteiger partial charge >= 0.3 is 0 Å². The van der Waals surface area contributed by atoms with Crippen molar-refractivity contribution >= 4 is 16.7 Å². The van der Waals surface area contributed by atoms with Crippen molar-refractivity contribution in [1.82, 2.24) is 4.57 Å². The Hall–Kier alpha value is -2.14. The van der Waals surface area contributed by atoms with E-state index in [4.69, 9.17) is 5.73 Å². The fourth-order valence-corrected chi connectivity index (χ4v) is 1.98. The highest BCUT2D eigenvalue weighted by Crippen LogP contribution is 2.15. The van der Waals surface area contributed by atoms with Gasteiger partial charge in [0, 0.05) is 5.39 Å². The Morgan fingerprint density at radius 3 is 2.72 bits per heavy atom. The maximum absolute atomic E-state index is 12.3. The third kappa shape index (κ3) is 1.89. The third-order valence-corrected chi connectivity index (χ3v) is 2.92. The number of aliphatic hydroxyl groups excluding tert-OH is 1. The van der Waals surface area contributed by atoms with Crippen LogP contribution in [0.5, 0.6) is 0 Å². The number of hydrogen-bond donors (Lipinski definition) is 2. The fraction of sp³-hybridized carbons (Fsp3) is 0.231. The molecule has 94 valence electrons. The molecule has 0 spiro atoms. The van der Waals surface area contributed by atoms with Crippen molar-refractivity contribution in [3.05, 3.63) is 46.4 Å². The van der Waals surface area contributed by atoms with Crippen LogP contribution in [0.4, 0.5) is 0 Å².